The van der Waals surface area contributed by atoms with Crippen molar-refractivity contribution in [2.75, 3.05) is 27.2 Å². The van der Waals surface area contributed by atoms with Crippen LogP contribution in [-0.4, -0.2) is 37.6 Å². The van der Waals surface area contributed by atoms with E-state index in [-0.39, 0.29) is 0 Å². The van der Waals surface area contributed by atoms with Gasteiger partial charge in [-0.2, -0.15) is 0 Å². The van der Waals surface area contributed by atoms with Crippen molar-refractivity contribution in [2.24, 2.45) is 0 Å². The van der Waals surface area contributed by atoms with Crippen LogP contribution in [0.5, 0.6) is 0 Å². The van der Waals surface area contributed by atoms with Gasteiger partial charge in [0.2, 0.25) is 0 Å². The third kappa shape index (κ3) is 1.99. The van der Waals surface area contributed by atoms with Gasteiger partial charge in [0, 0.05) is 5.54 Å². The zero-order valence-corrected chi connectivity index (χ0v) is 8.69. The molecule has 0 unspecified atom stereocenters. The zero-order chi connectivity index (χ0) is 9.03. The van der Waals surface area contributed by atoms with Gasteiger partial charge in [-0.05, 0) is 46.4 Å². The van der Waals surface area contributed by atoms with Crippen LogP contribution in [-0.2, 0) is 0 Å². The molecule has 0 bridgehead atoms. The summed E-state index contributed by atoms with van der Waals surface area (Å²) in [6.45, 7) is 4.67. The lowest BCUT2D eigenvalue weighted by Crippen LogP contribution is -2.51. The van der Waals surface area contributed by atoms with Gasteiger partial charge in [-0.15, -0.1) is 0 Å². The molecule has 0 aliphatic carbocycles. The van der Waals surface area contributed by atoms with Gasteiger partial charge >= 0.3 is 0 Å². The summed E-state index contributed by atoms with van der Waals surface area (Å²) in [6.07, 6.45) is 5.28. The highest BCUT2D eigenvalue weighted by Gasteiger charge is 2.32. The smallest absolute Gasteiger partial charge is 0.0227 e. The Kier molecular flexibility index (Phi) is 3.53. The van der Waals surface area contributed by atoms with Crippen LogP contribution in [0.1, 0.15) is 32.6 Å². The van der Waals surface area contributed by atoms with E-state index in [4.69, 9.17) is 0 Å². The molecule has 0 spiro atoms. The normalized spacial score (nSPS) is 23.0. The second-order valence-electron chi connectivity index (χ2n) is 4.12. The van der Waals surface area contributed by atoms with E-state index in [2.05, 4.69) is 31.2 Å². The van der Waals surface area contributed by atoms with Crippen LogP contribution in [0.25, 0.3) is 0 Å². The number of rotatable bonds is 3. The minimum atomic E-state index is 0.500. The molecular weight excluding hydrogens is 148 g/mol. The minimum absolute atomic E-state index is 0.500. The Balaban J connectivity index is 2.56. The van der Waals surface area contributed by atoms with Crippen molar-refractivity contribution in [3.8, 4) is 0 Å². The highest BCUT2D eigenvalue weighted by molar-refractivity contribution is 4.91. The first-order valence-electron chi connectivity index (χ1n) is 5.09. The van der Waals surface area contributed by atoms with Crippen molar-refractivity contribution in [3.63, 3.8) is 0 Å². The van der Waals surface area contributed by atoms with Crippen molar-refractivity contribution in [1.29, 1.82) is 0 Å². The molecule has 2 heteroatoms. The maximum atomic E-state index is 3.43. The third-order valence-corrected chi connectivity index (χ3v) is 3.20. The predicted molar refractivity (Wildman–Crippen MR) is 53.4 cm³/mol. The van der Waals surface area contributed by atoms with E-state index in [0.29, 0.717) is 5.54 Å². The van der Waals surface area contributed by atoms with Crippen molar-refractivity contribution in [2.45, 2.75) is 38.1 Å². The summed E-state index contributed by atoms with van der Waals surface area (Å²) >= 11 is 0. The fourth-order valence-corrected chi connectivity index (χ4v) is 2.28. The Hall–Kier alpha value is -0.0800. The molecule has 1 aliphatic rings. The average molecular weight is 170 g/mol. The van der Waals surface area contributed by atoms with Crippen LogP contribution >= 0.6 is 0 Å². The highest BCUT2D eigenvalue weighted by Crippen LogP contribution is 2.28. The summed E-state index contributed by atoms with van der Waals surface area (Å²) in [4.78, 5) is 2.43. The van der Waals surface area contributed by atoms with Crippen molar-refractivity contribution >= 4 is 0 Å². The third-order valence-electron chi connectivity index (χ3n) is 3.20. The molecule has 1 heterocycles. The van der Waals surface area contributed by atoms with Crippen LogP contribution in [0.2, 0.25) is 0 Å². The summed E-state index contributed by atoms with van der Waals surface area (Å²) < 4.78 is 0. The fourth-order valence-electron chi connectivity index (χ4n) is 2.28. The van der Waals surface area contributed by atoms with Crippen LogP contribution in [0.15, 0.2) is 0 Å². The van der Waals surface area contributed by atoms with E-state index in [1.54, 1.807) is 0 Å². The van der Waals surface area contributed by atoms with Crippen LogP contribution in [0, 0.1) is 0 Å². The van der Waals surface area contributed by atoms with Gasteiger partial charge in [0.15, 0.2) is 0 Å². The van der Waals surface area contributed by atoms with Gasteiger partial charge in [0.1, 0.15) is 0 Å². The molecule has 1 N–H and O–H groups in total. The van der Waals surface area contributed by atoms with Crippen LogP contribution in [0.4, 0.5) is 0 Å². The van der Waals surface area contributed by atoms with Gasteiger partial charge in [-0.25, -0.2) is 0 Å². The maximum absolute atomic E-state index is 3.43. The SMILES string of the molecule is CCCC1(N(C)C)CCNCC1. The standard InChI is InChI=1S/C10H22N2/c1-4-5-10(12(2)3)6-8-11-9-7-10/h11H,4-9H2,1-3H3. The Morgan fingerprint density at radius 3 is 2.25 bits per heavy atom. The van der Waals surface area contributed by atoms with E-state index < -0.39 is 0 Å². The van der Waals surface area contributed by atoms with E-state index in [1.165, 1.54) is 38.8 Å². The molecule has 0 amide bonds. The lowest BCUT2D eigenvalue weighted by Gasteiger charge is -2.43. The van der Waals surface area contributed by atoms with Gasteiger partial charge in [0.05, 0.1) is 0 Å². The van der Waals surface area contributed by atoms with E-state index in [0.717, 1.165) is 0 Å². The molecule has 72 valence electrons. The topological polar surface area (TPSA) is 15.3 Å². The number of piperidine rings is 1. The van der Waals surface area contributed by atoms with Crippen LogP contribution in [0.3, 0.4) is 0 Å². The molecular formula is C10H22N2. The lowest BCUT2D eigenvalue weighted by atomic mass is 9.83. The summed E-state index contributed by atoms with van der Waals surface area (Å²) in [7, 11) is 4.45. The first kappa shape index (κ1) is 10.0. The Morgan fingerprint density at radius 1 is 1.25 bits per heavy atom. The molecule has 0 aromatic carbocycles. The molecule has 0 saturated carbocycles. The Morgan fingerprint density at radius 2 is 1.83 bits per heavy atom. The fraction of sp³-hybridized carbons (Fsp3) is 1.00. The predicted octanol–water partition coefficient (Wildman–Crippen LogP) is 1.47. The Labute approximate surface area is 76.3 Å². The number of nitrogens with zero attached hydrogens (tertiary/aromatic N) is 1. The maximum Gasteiger partial charge on any atom is 0.0227 e. The summed E-state index contributed by atoms with van der Waals surface area (Å²) in [5.74, 6) is 0. The molecule has 12 heavy (non-hydrogen) atoms. The second-order valence-corrected chi connectivity index (χ2v) is 4.12. The first-order valence-corrected chi connectivity index (χ1v) is 5.09. The summed E-state index contributed by atoms with van der Waals surface area (Å²) in [5, 5.41) is 3.43. The molecule has 1 fully saturated rings. The average Bonchev–Trinajstić information content (AvgIpc) is 2.06. The monoisotopic (exact) mass is 170 g/mol. The summed E-state index contributed by atoms with van der Waals surface area (Å²) in [6, 6.07) is 0. The molecule has 0 aromatic rings. The number of hydrogen-bond donors (Lipinski definition) is 1. The molecule has 1 saturated heterocycles. The van der Waals surface area contributed by atoms with Gasteiger partial charge in [0.25, 0.3) is 0 Å². The Bertz CT molecular complexity index is 120. The van der Waals surface area contributed by atoms with Crippen LogP contribution < -0.4 is 5.32 Å². The quantitative estimate of drug-likeness (QED) is 0.690. The van der Waals surface area contributed by atoms with Crippen molar-refractivity contribution in [3.05, 3.63) is 0 Å². The van der Waals surface area contributed by atoms with Gasteiger partial charge in [-0.3, -0.25) is 0 Å². The zero-order valence-electron chi connectivity index (χ0n) is 8.69. The molecule has 1 aliphatic heterocycles. The van der Waals surface area contributed by atoms with E-state index in [1.807, 2.05) is 0 Å². The minimum Gasteiger partial charge on any atom is -0.317 e. The molecule has 2 nitrogen and oxygen atoms in total. The lowest BCUT2D eigenvalue weighted by molar-refractivity contribution is 0.0972. The summed E-state index contributed by atoms with van der Waals surface area (Å²) in [5.41, 5.74) is 0.500. The van der Waals surface area contributed by atoms with Crippen molar-refractivity contribution < 1.29 is 0 Å². The van der Waals surface area contributed by atoms with E-state index >= 15 is 0 Å². The van der Waals surface area contributed by atoms with Crippen molar-refractivity contribution in [1.82, 2.24) is 10.2 Å². The second kappa shape index (κ2) is 4.24. The van der Waals surface area contributed by atoms with Gasteiger partial charge < -0.3 is 10.2 Å². The molecule has 1 rings (SSSR count). The largest absolute Gasteiger partial charge is 0.317 e. The first-order chi connectivity index (χ1) is 5.71. The molecule has 0 radical (unpaired) electrons. The van der Waals surface area contributed by atoms with Gasteiger partial charge in [-0.1, -0.05) is 13.3 Å². The van der Waals surface area contributed by atoms with E-state index in [9.17, 15) is 0 Å². The molecule has 0 aromatic heterocycles. The highest BCUT2D eigenvalue weighted by atomic mass is 15.2. The number of hydrogen-bond acceptors (Lipinski definition) is 2. The molecule has 0 atom stereocenters. The number of nitrogens with one attached hydrogen (secondary N) is 1.